The highest BCUT2D eigenvalue weighted by Crippen LogP contribution is 2.22. The third kappa shape index (κ3) is 4.07. The standard InChI is InChI=1S/C13H18Br2N2O/c1-13(2,17(3)4)8-16-12(18)10-6-5-9(14)7-11(10)15/h5-7H,8H2,1-4H3,(H,16,18). The SMILES string of the molecule is CN(C)C(C)(C)CNC(=O)c1ccc(Br)cc1Br. The summed E-state index contributed by atoms with van der Waals surface area (Å²) in [5.41, 5.74) is 0.574. The van der Waals surface area contributed by atoms with Gasteiger partial charge in [-0.25, -0.2) is 0 Å². The van der Waals surface area contributed by atoms with E-state index in [-0.39, 0.29) is 11.4 Å². The van der Waals surface area contributed by atoms with Crippen molar-refractivity contribution in [3.63, 3.8) is 0 Å². The zero-order chi connectivity index (χ0) is 13.9. The van der Waals surface area contributed by atoms with E-state index in [2.05, 4.69) is 55.9 Å². The number of nitrogens with one attached hydrogen (secondary N) is 1. The predicted octanol–water partition coefficient (Wildman–Crippen LogP) is 3.28. The summed E-state index contributed by atoms with van der Waals surface area (Å²) in [6, 6.07) is 5.52. The lowest BCUT2D eigenvalue weighted by Gasteiger charge is -2.32. The lowest BCUT2D eigenvalue weighted by molar-refractivity contribution is 0.0919. The van der Waals surface area contributed by atoms with Crippen LogP contribution in [0.25, 0.3) is 0 Å². The van der Waals surface area contributed by atoms with E-state index in [9.17, 15) is 4.79 Å². The maximum Gasteiger partial charge on any atom is 0.252 e. The van der Waals surface area contributed by atoms with E-state index < -0.39 is 0 Å². The van der Waals surface area contributed by atoms with Crippen LogP contribution >= 0.6 is 31.9 Å². The molecule has 0 unspecified atom stereocenters. The van der Waals surface area contributed by atoms with Crippen LogP contribution in [0.4, 0.5) is 0 Å². The lowest BCUT2D eigenvalue weighted by atomic mass is 10.0. The van der Waals surface area contributed by atoms with Crippen molar-refractivity contribution in [2.24, 2.45) is 0 Å². The van der Waals surface area contributed by atoms with Crippen molar-refractivity contribution in [2.45, 2.75) is 19.4 Å². The molecule has 0 fully saturated rings. The van der Waals surface area contributed by atoms with Gasteiger partial charge in [-0.3, -0.25) is 4.79 Å². The van der Waals surface area contributed by atoms with Crippen LogP contribution < -0.4 is 5.32 Å². The van der Waals surface area contributed by atoms with Crippen LogP contribution in [0.1, 0.15) is 24.2 Å². The largest absolute Gasteiger partial charge is 0.350 e. The first kappa shape index (κ1) is 15.7. The van der Waals surface area contributed by atoms with Gasteiger partial charge in [-0.15, -0.1) is 0 Å². The molecule has 0 bridgehead atoms. The molecule has 0 aliphatic heterocycles. The average molecular weight is 378 g/mol. The number of likely N-dealkylation sites (N-methyl/N-ethyl adjacent to an activating group) is 1. The maximum atomic E-state index is 12.1. The number of rotatable bonds is 4. The Hall–Kier alpha value is -0.390. The average Bonchev–Trinajstić information content (AvgIpc) is 2.25. The van der Waals surface area contributed by atoms with Gasteiger partial charge in [0.05, 0.1) is 5.56 Å². The van der Waals surface area contributed by atoms with Crippen LogP contribution in [-0.4, -0.2) is 37.0 Å². The zero-order valence-corrected chi connectivity index (χ0v) is 14.2. The highest BCUT2D eigenvalue weighted by Gasteiger charge is 2.21. The Morgan fingerprint density at radius 3 is 2.44 bits per heavy atom. The summed E-state index contributed by atoms with van der Waals surface area (Å²) in [5, 5.41) is 2.95. The van der Waals surface area contributed by atoms with E-state index in [1.165, 1.54) is 0 Å². The fraction of sp³-hybridized carbons (Fsp3) is 0.462. The number of hydrogen-bond acceptors (Lipinski definition) is 2. The van der Waals surface area contributed by atoms with E-state index in [0.29, 0.717) is 12.1 Å². The molecule has 1 aromatic rings. The summed E-state index contributed by atoms with van der Waals surface area (Å²) in [6.07, 6.45) is 0. The minimum Gasteiger partial charge on any atom is -0.350 e. The molecule has 3 nitrogen and oxygen atoms in total. The Morgan fingerprint density at radius 1 is 1.33 bits per heavy atom. The molecule has 0 aliphatic carbocycles. The van der Waals surface area contributed by atoms with Gasteiger partial charge in [0.15, 0.2) is 0 Å². The van der Waals surface area contributed by atoms with Gasteiger partial charge >= 0.3 is 0 Å². The number of halogens is 2. The Labute approximate surface area is 125 Å². The molecular formula is C13H18Br2N2O. The molecule has 0 spiro atoms. The first-order chi connectivity index (χ1) is 8.24. The summed E-state index contributed by atoms with van der Waals surface area (Å²) in [6.45, 7) is 4.77. The Bertz CT molecular complexity index is 445. The molecule has 1 rings (SSSR count). The highest BCUT2D eigenvalue weighted by molar-refractivity contribution is 9.11. The molecule has 0 saturated carbocycles. The molecule has 0 saturated heterocycles. The summed E-state index contributed by atoms with van der Waals surface area (Å²) < 4.78 is 1.73. The van der Waals surface area contributed by atoms with E-state index in [1.807, 2.05) is 26.2 Å². The minimum atomic E-state index is -0.0719. The van der Waals surface area contributed by atoms with Crippen molar-refractivity contribution in [1.29, 1.82) is 0 Å². The molecule has 1 N–H and O–H groups in total. The number of carbonyl (C=O) groups excluding carboxylic acids is 1. The van der Waals surface area contributed by atoms with Gasteiger partial charge in [-0.1, -0.05) is 15.9 Å². The molecule has 1 aromatic carbocycles. The molecule has 0 aliphatic rings. The van der Waals surface area contributed by atoms with Crippen molar-refractivity contribution in [3.8, 4) is 0 Å². The third-order valence-corrected chi connectivity index (χ3v) is 4.22. The van der Waals surface area contributed by atoms with Crippen LogP contribution in [0.5, 0.6) is 0 Å². The maximum absolute atomic E-state index is 12.1. The van der Waals surface area contributed by atoms with E-state index in [0.717, 1.165) is 8.95 Å². The van der Waals surface area contributed by atoms with Crippen molar-refractivity contribution in [3.05, 3.63) is 32.7 Å². The van der Waals surface area contributed by atoms with Crippen LogP contribution in [0.3, 0.4) is 0 Å². The van der Waals surface area contributed by atoms with E-state index >= 15 is 0 Å². The monoisotopic (exact) mass is 376 g/mol. The molecule has 0 radical (unpaired) electrons. The summed E-state index contributed by atoms with van der Waals surface area (Å²) >= 11 is 6.76. The molecule has 0 aromatic heterocycles. The van der Waals surface area contributed by atoms with E-state index in [4.69, 9.17) is 0 Å². The molecule has 0 heterocycles. The molecule has 18 heavy (non-hydrogen) atoms. The van der Waals surface area contributed by atoms with Gasteiger partial charge in [-0.05, 0) is 62.1 Å². The number of amides is 1. The molecular weight excluding hydrogens is 360 g/mol. The fourth-order valence-corrected chi connectivity index (χ4v) is 2.45. The molecule has 5 heteroatoms. The van der Waals surface area contributed by atoms with Crippen molar-refractivity contribution >= 4 is 37.8 Å². The Morgan fingerprint density at radius 2 is 1.94 bits per heavy atom. The second kappa shape index (κ2) is 6.17. The highest BCUT2D eigenvalue weighted by atomic mass is 79.9. The number of nitrogens with zero attached hydrogens (tertiary/aromatic N) is 1. The number of carbonyl (C=O) groups is 1. The van der Waals surface area contributed by atoms with Gasteiger partial charge in [-0.2, -0.15) is 0 Å². The van der Waals surface area contributed by atoms with Crippen molar-refractivity contribution in [1.82, 2.24) is 10.2 Å². The summed E-state index contributed by atoms with van der Waals surface area (Å²) in [5.74, 6) is -0.0655. The van der Waals surface area contributed by atoms with Crippen LogP contribution in [0.15, 0.2) is 27.1 Å². The van der Waals surface area contributed by atoms with Crippen LogP contribution in [0.2, 0.25) is 0 Å². The summed E-state index contributed by atoms with van der Waals surface area (Å²) in [7, 11) is 4.00. The topological polar surface area (TPSA) is 32.3 Å². The predicted molar refractivity (Wildman–Crippen MR) is 81.9 cm³/mol. The Balaban J connectivity index is 2.72. The van der Waals surface area contributed by atoms with Crippen LogP contribution in [0, 0.1) is 0 Å². The molecule has 0 atom stereocenters. The van der Waals surface area contributed by atoms with Gasteiger partial charge in [0.1, 0.15) is 0 Å². The fourth-order valence-electron chi connectivity index (χ4n) is 1.22. The second-order valence-corrected chi connectivity index (χ2v) is 6.78. The zero-order valence-electron chi connectivity index (χ0n) is 11.1. The number of hydrogen-bond donors (Lipinski definition) is 1. The van der Waals surface area contributed by atoms with Gasteiger partial charge in [0.25, 0.3) is 5.91 Å². The lowest BCUT2D eigenvalue weighted by Crippen LogP contribution is -2.48. The number of benzene rings is 1. The first-order valence-electron chi connectivity index (χ1n) is 5.65. The van der Waals surface area contributed by atoms with Gasteiger partial charge in [0.2, 0.25) is 0 Å². The van der Waals surface area contributed by atoms with Crippen molar-refractivity contribution in [2.75, 3.05) is 20.6 Å². The third-order valence-electron chi connectivity index (χ3n) is 3.07. The van der Waals surface area contributed by atoms with Crippen LogP contribution in [-0.2, 0) is 0 Å². The first-order valence-corrected chi connectivity index (χ1v) is 7.23. The van der Waals surface area contributed by atoms with Crippen molar-refractivity contribution < 1.29 is 4.79 Å². The van der Waals surface area contributed by atoms with Gasteiger partial charge < -0.3 is 10.2 Å². The second-order valence-electron chi connectivity index (χ2n) is 5.01. The Kier molecular flexibility index (Phi) is 5.37. The quantitative estimate of drug-likeness (QED) is 0.873. The molecule has 1 amide bonds. The molecule has 100 valence electrons. The summed E-state index contributed by atoms with van der Waals surface area (Å²) in [4.78, 5) is 14.2. The van der Waals surface area contributed by atoms with E-state index in [1.54, 1.807) is 6.07 Å². The minimum absolute atomic E-state index is 0.0655. The smallest absolute Gasteiger partial charge is 0.252 e. The van der Waals surface area contributed by atoms with Gasteiger partial charge in [0, 0.05) is 21.0 Å². The normalized spacial score (nSPS) is 11.7.